The van der Waals surface area contributed by atoms with Crippen molar-refractivity contribution < 1.29 is 22.7 Å². The zero-order chi connectivity index (χ0) is 21.3. The molecule has 0 atom stereocenters. The number of aryl methyl sites for hydroxylation is 1. The van der Waals surface area contributed by atoms with Gasteiger partial charge in [-0.25, -0.2) is 8.42 Å². The van der Waals surface area contributed by atoms with Gasteiger partial charge in [0.05, 0.1) is 37.5 Å². The average molecular weight is 429 g/mol. The van der Waals surface area contributed by atoms with Crippen LogP contribution in [-0.4, -0.2) is 57.7 Å². The number of benzene rings is 2. The minimum Gasteiger partial charge on any atom is -0.497 e. The highest BCUT2D eigenvalue weighted by molar-refractivity contribution is 8.08. The normalized spacial score (nSPS) is 17.9. The van der Waals surface area contributed by atoms with E-state index in [-0.39, 0.29) is 4.90 Å². The van der Waals surface area contributed by atoms with E-state index in [2.05, 4.69) is 5.10 Å². The molecule has 4 rings (SSSR count). The third-order valence-electron chi connectivity index (χ3n) is 5.10. The first-order valence-electron chi connectivity index (χ1n) is 9.62. The van der Waals surface area contributed by atoms with E-state index in [1.165, 1.54) is 4.90 Å². The highest BCUT2D eigenvalue weighted by atomic mass is 32.2. The Balaban J connectivity index is 1.77. The maximum absolute atomic E-state index is 13.2. The van der Waals surface area contributed by atoms with Gasteiger partial charge in [-0.3, -0.25) is 9.80 Å². The second-order valence-electron chi connectivity index (χ2n) is 7.19. The lowest BCUT2D eigenvalue weighted by Gasteiger charge is -2.31. The molecule has 0 spiro atoms. The zero-order valence-corrected chi connectivity index (χ0v) is 17.7. The molecular formula is C21H23N3O5S. The van der Waals surface area contributed by atoms with Gasteiger partial charge in [-0.1, -0.05) is 18.2 Å². The Morgan fingerprint density at radius 1 is 1.17 bits per heavy atom. The molecule has 8 nitrogen and oxygen atoms in total. The van der Waals surface area contributed by atoms with Crippen molar-refractivity contribution in [1.29, 1.82) is 0 Å². The number of morpholine rings is 1. The van der Waals surface area contributed by atoms with E-state index >= 15 is 0 Å². The molecule has 2 aromatic rings. The van der Waals surface area contributed by atoms with E-state index in [9.17, 15) is 13.2 Å². The highest BCUT2D eigenvalue weighted by Gasteiger charge is 2.39. The summed E-state index contributed by atoms with van der Waals surface area (Å²) in [5.41, 5.74) is 2.23. The van der Waals surface area contributed by atoms with Crippen LogP contribution in [0.2, 0.25) is 0 Å². The Bertz CT molecular complexity index is 1110. The van der Waals surface area contributed by atoms with Crippen molar-refractivity contribution in [1.82, 2.24) is 4.90 Å². The molecule has 1 saturated heterocycles. The minimum atomic E-state index is -4.03. The monoisotopic (exact) mass is 429 g/mol. The smallest absolute Gasteiger partial charge is 0.286 e. The fraction of sp³-hybridized carbons (Fsp3) is 0.333. The summed E-state index contributed by atoms with van der Waals surface area (Å²) >= 11 is 0. The van der Waals surface area contributed by atoms with Gasteiger partial charge in [-0.15, -0.1) is 0 Å². The fourth-order valence-corrected chi connectivity index (χ4v) is 4.96. The predicted octanol–water partition coefficient (Wildman–Crippen LogP) is 1.97. The molecule has 2 aliphatic rings. The van der Waals surface area contributed by atoms with Crippen molar-refractivity contribution >= 4 is 26.5 Å². The number of sulfone groups is 1. The van der Waals surface area contributed by atoms with Crippen LogP contribution >= 0.6 is 0 Å². The molecule has 0 bridgehead atoms. The molecule has 0 aromatic heterocycles. The molecule has 1 amide bonds. The molecule has 9 heteroatoms. The maximum Gasteiger partial charge on any atom is 0.286 e. The molecule has 0 radical (unpaired) electrons. The lowest BCUT2D eigenvalue weighted by atomic mass is 10.2. The molecular weight excluding hydrogens is 406 g/mol. The minimum absolute atomic E-state index is 0.0857. The molecule has 2 heterocycles. The van der Waals surface area contributed by atoms with Gasteiger partial charge >= 0.3 is 0 Å². The van der Waals surface area contributed by atoms with E-state index < -0.39 is 20.8 Å². The lowest BCUT2D eigenvalue weighted by molar-refractivity contribution is -0.127. The zero-order valence-electron chi connectivity index (χ0n) is 16.9. The molecule has 158 valence electrons. The van der Waals surface area contributed by atoms with Gasteiger partial charge in [-0.05, 0) is 42.3 Å². The molecule has 2 aromatic carbocycles. The van der Waals surface area contributed by atoms with Crippen LogP contribution in [0.15, 0.2) is 52.5 Å². The van der Waals surface area contributed by atoms with Crippen LogP contribution in [0.25, 0.3) is 0 Å². The molecule has 2 aliphatic heterocycles. The Hall–Kier alpha value is -2.91. The standard InChI is InChI=1S/C21H23N3O5S/c1-15-6-7-19-18(12-15)24(14-16-4-3-5-17(13-16)28-2)22-20(30(19,26)27)21(25)23-8-10-29-11-9-23/h3-7,12-13H,8-11,14H2,1-2H3. The number of rotatable bonds is 4. The number of hydrazone groups is 1. The van der Waals surface area contributed by atoms with Crippen LogP contribution in [0.4, 0.5) is 5.69 Å². The first kappa shape index (κ1) is 20.4. The van der Waals surface area contributed by atoms with Crippen molar-refractivity contribution in [3.8, 4) is 5.75 Å². The van der Waals surface area contributed by atoms with Crippen LogP contribution in [0, 0.1) is 6.92 Å². The number of fused-ring (bicyclic) bond motifs is 1. The van der Waals surface area contributed by atoms with Gasteiger partial charge in [0.1, 0.15) is 5.75 Å². The largest absolute Gasteiger partial charge is 0.497 e. The van der Waals surface area contributed by atoms with Gasteiger partial charge in [0.2, 0.25) is 14.9 Å². The summed E-state index contributed by atoms with van der Waals surface area (Å²) in [6, 6.07) is 12.5. The number of nitrogens with zero attached hydrogens (tertiary/aromatic N) is 3. The summed E-state index contributed by atoms with van der Waals surface area (Å²) < 4.78 is 37.0. The maximum atomic E-state index is 13.2. The molecule has 30 heavy (non-hydrogen) atoms. The third-order valence-corrected chi connectivity index (χ3v) is 6.79. The molecule has 0 aliphatic carbocycles. The number of carbonyl (C=O) groups excluding carboxylic acids is 1. The molecule has 0 saturated carbocycles. The number of anilines is 1. The Morgan fingerprint density at radius 3 is 2.67 bits per heavy atom. The summed E-state index contributed by atoms with van der Waals surface area (Å²) in [7, 11) is -2.45. The molecule has 0 N–H and O–H groups in total. The van der Waals surface area contributed by atoms with Crippen molar-refractivity contribution in [2.75, 3.05) is 38.4 Å². The lowest BCUT2D eigenvalue weighted by Crippen LogP contribution is -2.47. The Morgan fingerprint density at radius 2 is 1.93 bits per heavy atom. The van der Waals surface area contributed by atoms with Crippen LogP contribution < -0.4 is 9.75 Å². The fourth-order valence-electron chi connectivity index (χ4n) is 3.50. The average Bonchev–Trinajstić information content (AvgIpc) is 2.76. The third kappa shape index (κ3) is 3.78. The van der Waals surface area contributed by atoms with E-state index in [0.29, 0.717) is 44.3 Å². The van der Waals surface area contributed by atoms with Crippen LogP contribution in [0.1, 0.15) is 11.1 Å². The van der Waals surface area contributed by atoms with Gasteiger partial charge in [0.25, 0.3) is 5.91 Å². The van der Waals surface area contributed by atoms with Crippen molar-refractivity contribution in [2.45, 2.75) is 18.4 Å². The summed E-state index contributed by atoms with van der Waals surface area (Å²) in [6.07, 6.45) is 0. The Labute approximate surface area is 175 Å². The first-order chi connectivity index (χ1) is 14.4. The van der Waals surface area contributed by atoms with Gasteiger partial charge in [0.15, 0.2) is 0 Å². The van der Waals surface area contributed by atoms with Crippen LogP contribution in [0.3, 0.4) is 0 Å². The number of hydrogen-bond donors (Lipinski definition) is 0. The number of ether oxygens (including phenoxy) is 2. The van der Waals surface area contributed by atoms with E-state index in [0.717, 1.165) is 11.1 Å². The van der Waals surface area contributed by atoms with E-state index in [4.69, 9.17) is 9.47 Å². The second-order valence-corrected chi connectivity index (χ2v) is 9.03. The topological polar surface area (TPSA) is 88.5 Å². The van der Waals surface area contributed by atoms with Gasteiger partial charge in [0, 0.05) is 13.1 Å². The first-order valence-corrected chi connectivity index (χ1v) is 11.1. The number of methoxy groups -OCH3 is 1. The number of amides is 1. The SMILES string of the molecule is COc1cccc(CN2N=C(C(=O)N3CCOCC3)S(=O)(=O)c3ccc(C)cc32)c1. The second kappa shape index (κ2) is 8.08. The Kier molecular flexibility index (Phi) is 5.48. The molecule has 1 fully saturated rings. The van der Waals surface area contributed by atoms with Crippen molar-refractivity contribution in [3.05, 3.63) is 53.6 Å². The quantitative estimate of drug-likeness (QED) is 0.738. The number of carbonyl (C=O) groups is 1. The van der Waals surface area contributed by atoms with E-state index in [1.54, 1.807) is 30.3 Å². The highest BCUT2D eigenvalue weighted by Crippen LogP contribution is 2.34. The van der Waals surface area contributed by atoms with Crippen LogP contribution in [-0.2, 0) is 25.9 Å². The predicted molar refractivity (Wildman–Crippen MR) is 112 cm³/mol. The summed E-state index contributed by atoms with van der Waals surface area (Å²) in [5.74, 6) is 0.0929. The summed E-state index contributed by atoms with van der Waals surface area (Å²) in [4.78, 5) is 14.6. The van der Waals surface area contributed by atoms with Crippen molar-refractivity contribution in [2.24, 2.45) is 5.10 Å². The van der Waals surface area contributed by atoms with E-state index in [1.807, 2.05) is 31.2 Å². The van der Waals surface area contributed by atoms with Gasteiger partial charge in [-0.2, -0.15) is 5.10 Å². The van der Waals surface area contributed by atoms with Crippen molar-refractivity contribution in [3.63, 3.8) is 0 Å². The number of hydrogen-bond acceptors (Lipinski definition) is 7. The summed E-state index contributed by atoms with van der Waals surface area (Å²) in [6.45, 7) is 3.61. The summed E-state index contributed by atoms with van der Waals surface area (Å²) in [5, 5.41) is 5.45. The molecule has 0 unspecified atom stereocenters. The van der Waals surface area contributed by atoms with Crippen LogP contribution in [0.5, 0.6) is 5.75 Å². The van der Waals surface area contributed by atoms with Gasteiger partial charge < -0.3 is 14.4 Å².